The fourth-order valence-corrected chi connectivity index (χ4v) is 2.22. The van der Waals surface area contributed by atoms with E-state index in [-0.39, 0.29) is 12.5 Å². The summed E-state index contributed by atoms with van der Waals surface area (Å²) in [5, 5.41) is 14.1. The SMILES string of the molecule is Cn1nccc1C(=O)N(Cc1ccccc1)CC(C)(C)O. The van der Waals surface area contributed by atoms with Gasteiger partial charge in [-0.15, -0.1) is 0 Å². The van der Waals surface area contributed by atoms with Crippen LogP contribution in [0.15, 0.2) is 42.6 Å². The Labute approximate surface area is 124 Å². The number of amides is 1. The first-order valence-corrected chi connectivity index (χ1v) is 6.90. The molecule has 0 radical (unpaired) electrons. The number of aromatic nitrogens is 2. The highest BCUT2D eigenvalue weighted by molar-refractivity contribution is 5.92. The molecule has 0 aliphatic carbocycles. The summed E-state index contributed by atoms with van der Waals surface area (Å²) in [6.45, 7) is 4.10. The molecule has 1 heterocycles. The third kappa shape index (κ3) is 4.16. The molecule has 0 unspecified atom stereocenters. The Morgan fingerprint density at radius 1 is 1.29 bits per heavy atom. The van der Waals surface area contributed by atoms with Crippen molar-refractivity contribution in [1.82, 2.24) is 14.7 Å². The van der Waals surface area contributed by atoms with Crippen molar-refractivity contribution in [3.8, 4) is 0 Å². The number of benzene rings is 1. The van der Waals surface area contributed by atoms with Crippen LogP contribution >= 0.6 is 0 Å². The molecule has 2 rings (SSSR count). The van der Waals surface area contributed by atoms with Gasteiger partial charge in [0, 0.05) is 26.3 Å². The summed E-state index contributed by atoms with van der Waals surface area (Å²) in [6.07, 6.45) is 1.60. The maximum Gasteiger partial charge on any atom is 0.272 e. The van der Waals surface area contributed by atoms with E-state index in [4.69, 9.17) is 0 Å². The van der Waals surface area contributed by atoms with Gasteiger partial charge in [-0.25, -0.2) is 0 Å². The lowest BCUT2D eigenvalue weighted by Gasteiger charge is -2.29. The summed E-state index contributed by atoms with van der Waals surface area (Å²) in [5.41, 5.74) is 0.579. The van der Waals surface area contributed by atoms with E-state index in [1.165, 1.54) is 0 Å². The molecule has 1 N–H and O–H groups in total. The molecule has 21 heavy (non-hydrogen) atoms. The first-order chi connectivity index (χ1) is 9.87. The summed E-state index contributed by atoms with van der Waals surface area (Å²) in [6, 6.07) is 11.4. The summed E-state index contributed by atoms with van der Waals surface area (Å²) in [4.78, 5) is 14.3. The van der Waals surface area contributed by atoms with E-state index in [1.54, 1.807) is 42.7 Å². The van der Waals surface area contributed by atoms with Crippen molar-refractivity contribution in [2.24, 2.45) is 7.05 Å². The molecular formula is C16H21N3O2. The van der Waals surface area contributed by atoms with E-state index in [0.717, 1.165) is 5.56 Å². The molecule has 1 aromatic carbocycles. The minimum Gasteiger partial charge on any atom is -0.389 e. The zero-order chi connectivity index (χ0) is 15.5. The number of aliphatic hydroxyl groups is 1. The average molecular weight is 287 g/mol. The molecule has 0 saturated heterocycles. The van der Waals surface area contributed by atoms with Crippen LogP contribution < -0.4 is 0 Å². The highest BCUT2D eigenvalue weighted by Crippen LogP contribution is 2.14. The monoisotopic (exact) mass is 287 g/mol. The maximum atomic E-state index is 12.7. The number of aryl methyl sites for hydroxylation is 1. The van der Waals surface area contributed by atoms with E-state index in [1.807, 2.05) is 30.3 Å². The van der Waals surface area contributed by atoms with Gasteiger partial charge >= 0.3 is 0 Å². The van der Waals surface area contributed by atoms with Gasteiger partial charge in [-0.2, -0.15) is 5.10 Å². The molecular weight excluding hydrogens is 266 g/mol. The predicted octanol–water partition coefficient (Wildman–Crippen LogP) is 1.83. The van der Waals surface area contributed by atoms with Crippen molar-refractivity contribution in [2.45, 2.75) is 26.0 Å². The molecule has 1 aromatic heterocycles. The van der Waals surface area contributed by atoms with Gasteiger partial charge < -0.3 is 10.0 Å². The highest BCUT2D eigenvalue weighted by Gasteiger charge is 2.25. The van der Waals surface area contributed by atoms with Crippen molar-refractivity contribution >= 4 is 5.91 Å². The van der Waals surface area contributed by atoms with Gasteiger partial charge in [0.05, 0.1) is 5.60 Å². The fraction of sp³-hybridized carbons (Fsp3) is 0.375. The molecule has 0 aliphatic heterocycles. The highest BCUT2D eigenvalue weighted by atomic mass is 16.3. The summed E-state index contributed by atoms with van der Waals surface area (Å²) in [7, 11) is 1.73. The molecule has 5 heteroatoms. The average Bonchev–Trinajstić information content (AvgIpc) is 2.83. The van der Waals surface area contributed by atoms with Crippen LogP contribution in [0.3, 0.4) is 0 Å². The Morgan fingerprint density at radius 2 is 1.95 bits per heavy atom. The van der Waals surface area contributed by atoms with Crippen LogP contribution in [0.4, 0.5) is 0 Å². The van der Waals surface area contributed by atoms with Gasteiger partial charge in [-0.1, -0.05) is 30.3 Å². The largest absolute Gasteiger partial charge is 0.389 e. The third-order valence-electron chi connectivity index (χ3n) is 3.12. The molecule has 2 aromatic rings. The molecule has 0 bridgehead atoms. The Balaban J connectivity index is 2.24. The lowest BCUT2D eigenvalue weighted by atomic mass is 10.1. The van der Waals surface area contributed by atoms with Crippen LogP contribution in [-0.2, 0) is 13.6 Å². The Bertz CT molecular complexity index is 599. The standard InChI is InChI=1S/C16H21N3O2/c1-16(2,21)12-19(11-13-7-5-4-6-8-13)15(20)14-9-10-17-18(14)3/h4-10,21H,11-12H2,1-3H3. The maximum absolute atomic E-state index is 12.7. The molecule has 0 saturated carbocycles. The Kier molecular flexibility index (Phi) is 4.43. The molecule has 0 spiro atoms. The quantitative estimate of drug-likeness (QED) is 0.913. The van der Waals surface area contributed by atoms with Gasteiger partial charge in [0.2, 0.25) is 0 Å². The van der Waals surface area contributed by atoms with E-state index in [0.29, 0.717) is 12.2 Å². The van der Waals surface area contributed by atoms with Gasteiger partial charge in [-0.05, 0) is 25.5 Å². The van der Waals surface area contributed by atoms with Gasteiger partial charge in [0.1, 0.15) is 5.69 Å². The number of nitrogens with zero attached hydrogens (tertiary/aromatic N) is 3. The minimum absolute atomic E-state index is 0.138. The normalized spacial score (nSPS) is 11.4. The topological polar surface area (TPSA) is 58.4 Å². The summed E-state index contributed by atoms with van der Waals surface area (Å²) < 4.78 is 1.55. The number of carbonyl (C=O) groups is 1. The second-order valence-electron chi connectivity index (χ2n) is 5.80. The third-order valence-corrected chi connectivity index (χ3v) is 3.12. The zero-order valence-corrected chi connectivity index (χ0v) is 12.7. The molecule has 5 nitrogen and oxygen atoms in total. The first-order valence-electron chi connectivity index (χ1n) is 6.90. The van der Waals surface area contributed by atoms with Crippen LogP contribution in [0, 0.1) is 0 Å². The van der Waals surface area contributed by atoms with Crippen molar-refractivity contribution in [3.63, 3.8) is 0 Å². The van der Waals surface area contributed by atoms with Crippen molar-refractivity contribution < 1.29 is 9.90 Å². The van der Waals surface area contributed by atoms with E-state index in [9.17, 15) is 9.90 Å². The minimum atomic E-state index is -0.955. The smallest absolute Gasteiger partial charge is 0.272 e. The first kappa shape index (κ1) is 15.3. The van der Waals surface area contributed by atoms with Gasteiger partial charge in [0.15, 0.2) is 0 Å². The van der Waals surface area contributed by atoms with Crippen molar-refractivity contribution in [2.75, 3.05) is 6.54 Å². The molecule has 0 aliphatic rings. The number of hydrogen-bond acceptors (Lipinski definition) is 3. The van der Waals surface area contributed by atoms with Crippen LogP contribution in [0.2, 0.25) is 0 Å². The van der Waals surface area contributed by atoms with E-state index >= 15 is 0 Å². The van der Waals surface area contributed by atoms with Gasteiger partial charge in [0.25, 0.3) is 5.91 Å². The second-order valence-corrected chi connectivity index (χ2v) is 5.80. The predicted molar refractivity (Wildman–Crippen MR) is 80.7 cm³/mol. The van der Waals surface area contributed by atoms with E-state index < -0.39 is 5.60 Å². The number of carbonyl (C=O) groups excluding carboxylic acids is 1. The molecule has 0 atom stereocenters. The Morgan fingerprint density at radius 3 is 2.48 bits per heavy atom. The summed E-state index contributed by atoms with van der Waals surface area (Å²) in [5.74, 6) is -0.138. The molecule has 0 fully saturated rings. The summed E-state index contributed by atoms with van der Waals surface area (Å²) >= 11 is 0. The van der Waals surface area contributed by atoms with Crippen molar-refractivity contribution in [3.05, 3.63) is 53.9 Å². The Hall–Kier alpha value is -2.14. The van der Waals surface area contributed by atoms with Crippen LogP contribution in [0.1, 0.15) is 29.9 Å². The van der Waals surface area contributed by atoms with Crippen LogP contribution in [0.25, 0.3) is 0 Å². The lowest BCUT2D eigenvalue weighted by Crippen LogP contribution is -2.42. The second kappa shape index (κ2) is 6.10. The van der Waals surface area contributed by atoms with Crippen LogP contribution in [0.5, 0.6) is 0 Å². The number of rotatable bonds is 5. The van der Waals surface area contributed by atoms with E-state index in [2.05, 4.69) is 5.10 Å². The van der Waals surface area contributed by atoms with Gasteiger partial charge in [-0.3, -0.25) is 9.48 Å². The number of hydrogen-bond donors (Lipinski definition) is 1. The lowest BCUT2D eigenvalue weighted by molar-refractivity contribution is 0.0274. The van der Waals surface area contributed by atoms with Crippen molar-refractivity contribution in [1.29, 1.82) is 0 Å². The fourth-order valence-electron chi connectivity index (χ4n) is 2.22. The van der Waals surface area contributed by atoms with Crippen LogP contribution in [-0.4, -0.2) is 37.8 Å². The molecule has 112 valence electrons. The molecule has 1 amide bonds. The zero-order valence-electron chi connectivity index (χ0n) is 12.7.